The summed E-state index contributed by atoms with van der Waals surface area (Å²) in [5, 5.41) is 2.73. The number of phosphoric acid groups is 1. The van der Waals surface area contributed by atoms with Gasteiger partial charge in [-0.2, -0.15) is 0 Å². The predicted octanol–water partition coefficient (Wildman–Crippen LogP) is 2.89. The van der Waals surface area contributed by atoms with Crippen molar-refractivity contribution in [1.29, 1.82) is 0 Å². The summed E-state index contributed by atoms with van der Waals surface area (Å²) in [6.07, 6.45) is 3.98. The molecule has 0 fully saturated rings. The molecule has 0 spiro atoms. The largest absolute Gasteiger partial charge is 0.469 e. The van der Waals surface area contributed by atoms with Crippen LogP contribution in [-0.2, 0) is 33.1 Å². The zero-order valence-corrected chi connectivity index (χ0v) is 42.7. The van der Waals surface area contributed by atoms with Crippen LogP contribution >= 0.6 is 7.82 Å². The number of amides is 5. The average molecular weight is 974 g/mol. The number of primary amides is 4. The zero-order valence-electron chi connectivity index (χ0n) is 41.8. The lowest BCUT2D eigenvalue weighted by Gasteiger charge is -2.46. The first-order valence-electron chi connectivity index (χ1n) is 23.4. The van der Waals surface area contributed by atoms with Crippen molar-refractivity contribution in [3.63, 3.8) is 0 Å². The fraction of sp³-hybridized carbons (Fsp3) is 0.702. The molecular weight excluding hydrogens is 894 g/mol. The number of nitrogens with two attached hydrogens (primary N) is 7. The van der Waals surface area contributed by atoms with Crippen molar-refractivity contribution in [2.45, 2.75) is 139 Å². The first-order chi connectivity index (χ1) is 31.3. The zero-order chi connectivity index (χ0) is 51.9. The third-order valence-electron chi connectivity index (χ3n) is 15.2. The van der Waals surface area contributed by atoms with Gasteiger partial charge in [0.05, 0.1) is 12.1 Å². The molecule has 3 rings (SSSR count). The second kappa shape index (κ2) is 22.9. The van der Waals surface area contributed by atoms with Gasteiger partial charge in [-0.15, -0.1) is 0 Å². The van der Waals surface area contributed by atoms with Gasteiger partial charge in [0, 0.05) is 113 Å². The first-order valence-corrected chi connectivity index (χ1v) is 24.9. The van der Waals surface area contributed by atoms with Crippen molar-refractivity contribution in [3.05, 3.63) is 34.3 Å². The van der Waals surface area contributed by atoms with Crippen LogP contribution in [0.15, 0.2) is 49.3 Å². The standard InChI is InChI=1S/C47H80N11O9P/c1-25(2)40(54)30(12-15-36(51)60)47(10,23-49)28(5)42-32(21-48)46(9,18-17-39(63)55-22-26(3)67-68(64,65)66)43(58-42)27(4)41-31(13-16-37(52)61)44(6,7)34(57-41)19-33-29(11-14-35(50)59)45(8,24-56-33)20-38(53)62/h19,24,26,28-32,42H,11-18,20-23,48-49,54H2,1-10H3,(H2,50,59)(H2,51,60)(H2,52,61)(H2,53,62)(H,55,63)(H2,64,65,66)/b33-19-,41-27-. The van der Waals surface area contributed by atoms with Gasteiger partial charge in [0.15, 0.2) is 0 Å². The lowest BCUT2D eigenvalue weighted by Crippen LogP contribution is -2.50. The van der Waals surface area contributed by atoms with Crippen LogP contribution in [0.4, 0.5) is 0 Å². The molecule has 382 valence electrons. The maximum atomic E-state index is 13.6. The summed E-state index contributed by atoms with van der Waals surface area (Å²) in [6, 6.07) is -0.490. The van der Waals surface area contributed by atoms with E-state index in [9.17, 15) is 38.3 Å². The monoisotopic (exact) mass is 974 g/mol. The van der Waals surface area contributed by atoms with Crippen molar-refractivity contribution < 1.29 is 42.8 Å². The molecule has 3 aliphatic heterocycles. The van der Waals surface area contributed by atoms with E-state index in [1.807, 2.05) is 61.5 Å². The minimum Gasteiger partial charge on any atom is -0.402 e. The van der Waals surface area contributed by atoms with Crippen LogP contribution in [-0.4, -0.2) is 88.7 Å². The Morgan fingerprint density at radius 2 is 1.47 bits per heavy atom. The summed E-state index contributed by atoms with van der Waals surface area (Å²) in [5.41, 5.74) is 44.7. The van der Waals surface area contributed by atoms with Gasteiger partial charge >= 0.3 is 7.82 Å². The topological polar surface area (TPSA) is 383 Å². The second-order valence-electron chi connectivity index (χ2n) is 20.8. The van der Waals surface area contributed by atoms with E-state index in [2.05, 4.69) is 12.2 Å². The summed E-state index contributed by atoms with van der Waals surface area (Å²) in [5.74, 6) is -4.20. The Morgan fingerprint density at radius 1 is 0.897 bits per heavy atom. The molecule has 10 unspecified atom stereocenters. The third kappa shape index (κ3) is 13.6. The number of hydrogen-bond donors (Lipinski definition) is 10. The van der Waals surface area contributed by atoms with Crippen LogP contribution < -0.4 is 45.5 Å². The number of carbonyl (C=O) groups excluding carboxylic acids is 5. The maximum absolute atomic E-state index is 13.6. The number of nitrogens with one attached hydrogen (secondary N) is 1. The van der Waals surface area contributed by atoms with Gasteiger partial charge in [-0.1, -0.05) is 47.1 Å². The molecule has 3 heterocycles. The number of rotatable bonds is 26. The number of phosphoric ester groups is 1. The van der Waals surface area contributed by atoms with Crippen molar-refractivity contribution in [3.8, 4) is 0 Å². The molecular formula is C47H80N11O9P. The van der Waals surface area contributed by atoms with Crippen LogP contribution in [0.2, 0.25) is 0 Å². The Hall–Kier alpha value is -4.59. The van der Waals surface area contributed by atoms with Crippen LogP contribution in [0, 0.1) is 51.2 Å². The molecule has 0 saturated carbocycles. The molecule has 3 aliphatic rings. The van der Waals surface area contributed by atoms with Crippen molar-refractivity contribution in [2.24, 2.45) is 106 Å². The highest BCUT2D eigenvalue weighted by atomic mass is 31.2. The molecule has 0 aromatic rings. The molecule has 10 atom stereocenters. The SMILES string of the molecule is CC(C)=C(N)C(CCC(N)=O)C(C)(CN)C(C)C1N=C(/C(C)=C2N=C(/C=C3\N=CC(C)(CC(N)=O)C3CCC(N)=O)C(C)(C)C\2CCC(N)=O)C(C)(CCC(=O)NCC(C)OP(=O)(O)O)C1CN. The molecule has 20 nitrogen and oxygen atoms in total. The molecule has 0 aromatic carbocycles. The average Bonchev–Trinajstić information content (AvgIpc) is 3.79. The fourth-order valence-electron chi connectivity index (χ4n) is 10.8. The fourth-order valence-corrected chi connectivity index (χ4v) is 11.3. The summed E-state index contributed by atoms with van der Waals surface area (Å²) >= 11 is 0. The van der Waals surface area contributed by atoms with E-state index >= 15 is 0 Å². The van der Waals surface area contributed by atoms with Crippen molar-refractivity contribution in [2.75, 3.05) is 19.6 Å². The Labute approximate surface area is 401 Å². The van der Waals surface area contributed by atoms with Gasteiger partial charge in [-0.05, 0) is 89.4 Å². The van der Waals surface area contributed by atoms with E-state index in [1.165, 1.54) is 6.92 Å². The smallest absolute Gasteiger partial charge is 0.402 e. The summed E-state index contributed by atoms with van der Waals surface area (Å²) in [4.78, 5) is 96.7. The maximum Gasteiger partial charge on any atom is 0.469 e. The lowest BCUT2D eigenvalue weighted by atomic mass is 9.59. The predicted molar refractivity (Wildman–Crippen MR) is 264 cm³/mol. The Morgan fingerprint density at radius 3 is 1.97 bits per heavy atom. The molecule has 0 aromatic heterocycles. The van der Waals surface area contributed by atoms with Gasteiger partial charge in [-0.25, -0.2) is 4.57 Å². The van der Waals surface area contributed by atoms with Gasteiger partial charge in [-0.3, -0.25) is 43.5 Å². The molecule has 5 amide bonds. The van der Waals surface area contributed by atoms with E-state index < -0.39 is 77.1 Å². The number of nitrogens with zero attached hydrogens (tertiary/aromatic N) is 3. The summed E-state index contributed by atoms with van der Waals surface area (Å²) in [6.45, 7) is 19.3. The molecule has 21 heteroatoms. The van der Waals surface area contributed by atoms with Crippen molar-refractivity contribution >= 4 is 55.0 Å². The second-order valence-corrected chi connectivity index (χ2v) is 22.0. The Balaban J connectivity index is 2.36. The summed E-state index contributed by atoms with van der Waals surface area (Å²) in [7, 11) is -4.80. The minimum absolute atomic E-state index is 0.00676. The van der Waals surface area contributed by atoms with Crippen molar-refractivity contribution in [1.82, 2.24) is 5.32 Å². The quantitative estimate of drug-likeness (QED) is 0.0560. The van der Waals surface area contributed by atoms with E-state index in [-0.39, 0.29) is 81.8 Å². The lowest BCUT2D eigenvalue weighted by molar-refractivity contribution is -0.122. The molecule has 0 radical (unpaired) electrons. The highest BCUT2D eigenvalue weighted by molar-refractivity contribution is 7.46. The molecule has 0 aliphatic carbocycles. The number of aliphatic imine (C=N–C) groups is 3. The molecule has 17 N–H and O–H groups in total. The minimum atomic E-state index is -4.80. The van der Waals surface area contributed by atoms with Gasteiger partial charge in [0.2, 0.25) is 29.5 Å². The molecule has 0 saturated heterocycles. The Kier molecular flexibility index (Phi) is 19.4. The number of carbonyl (C=O) groups is 5. The summed E-state index contributed by atoms with van der Waals surface area (Å²) < 4.78 is 16.2. The van der Waals surface area contributed by atoms with Gasteiger partial charge in [0.1, 0.15) is 0 Å². The van der Waals surface area contributed by atoms with E-state index in [0.717, 1.165) is 5.57 Å². The Bertz CT molecular complexity index is 2180. The third-order valence-corrected chi connectivity index (χ3v) is 15.8. The van der Waals surface area contributed by atoms with Crippen LogP contribution in [0.1, 0.15) is 127 Å². The van der Waals surface area contributed by atoms with E-state index in [0.29, 0.717) is 53.4 Å². The highest BCUT2D eigenvalue weighted by Crippen LogP contribution is 2.55. The molecule has 0 bridgehead atoms. The van der Waals surface area contributed by atoms with Gasteiger partial charge < -0.3 is 55.2 Å². The normalized spacial score (nSPS) is 28.0. The van der Waals surface area contributed by atoms with Crippen LogP contribution in [0.3, 0.4) is 0 Å². The first kappa shape index (κ1) is 57.7. The highest BCUT2D eigenvalue weighted by Gasteiger charge is 2.55. The van der Waals surface area contributed by atoms with Crippen LogP contribution in [0.5, 0.6) is 0 Å². The number of hydrogen-bond acceptors (Lipinski definition) is 13. The van der Waals surface area contributed by atoms with Gasteiger partial charge in [0.25, 0.3) is 0 Å². The molecule has 68 heavy (non-hydrogen) atoms. The van der Waals surface area contributed by atoms with E-state index in [4.69, 9.17) is 59.6 Å². The van der Waals surface area contributed by atoms with Crippen LogP contribution in [0.25, 0.3) is 0 Å². The number of allylic oxidation sites excluding steroid dienone is 6. The van der Waals surface area contributed by atoms with E-state index in [1.54, 1.807) is 6.21 Å².